The molecular formula is C15H21NO3S. The zero-order chi connectivity index (χ0) is 14.7. The maximum Gasteiger partial charge on any atom is 0.326 e. The van der Waals surface area contributed by atoms with Gasteiger partial charge < -0.3 is 10.4 Å². The molecule has 1 aliphatic rings. The summed E-state index contributed by atoms with van der Waals surface area (Å²) >= 11 is 1.51. The number of carboxylic acids is 1. The highest BCUT2D eigenvalue weighted by Crippen LogP contribution is 2.29. The van der Waals surface area contributed by atoms with Gasteiger partial charge in [-0.2, -0.15) is 0 Å². The molecule has 110 valence electrons. The van der Waals surface area contributed by atoms with Gasteiger partial charge in [0.2, 0.25) is 0 Å². The van der Waals surface area contributed by atoms with E-state index in [9.17, 15) is 9.59 Å². The molecule has 1 atom stereocenters. The third-order valence-electron chi connectivity index (χ3n) is 3.53. The van der Waals surface area contributed by atoms with Gasteiger partial charge in [-0.25, -0.2) is 4.79 Å². The second-order valence-corrected chi connectivity index (χ2v) is 6.90. The topological polar surface area (TPSA) is 66.4 Å². The van der Waals surface area contributed by atoms with E-state index in [1.807, 2.05) is 19.9 Å². The Hall–Kier alpha value is -1.36. The van der Waals surface area contributed by atoms with Gasteiger partial charge in [0, 0.05) is 4.88 Å². The minimum atomic E-state index is -0.964. The molecule has 2 N–H and O–H groups in total. The fraction of sp³-hybridized carbons (Fsp3) is 0.600. The summed E-state index contributed by atoms with van der Waals surface area (Å²) < 4.78 is 0. The van der Waals surface area contributed by atoms with Crippen molar-refractivity contribution in [1.29, 1.82) is 0 Å². The molecule has 0 radical (unpaired) electrons. The zero-order valence-electron chi connectivity index (χ0n) is 11.9. The van der Waals surface area contributed by atoms with Crippen LogP contribution in [0.2, 0.25) is 0 Å². The van der Waals surface area contributed by atoms with Crippen LogP contribution >= 0.6 is 11.3 Å². The van der Waals surface area contributed by atoms with Crippen molar-refractivity contribution < 1.29 is 14.7 Å². The van der Waals surface area contributed by atoms with E-state index >= 15 is 0 Å². The zero-order valence-corrected chi connectivity index (χ0v) is 12.8. The van der Waals surface area contributed by atoms with Gasteiger partial charge in [0.05, 0.1) is 4.88 Å². The molecule has 20 heavy (non-hydrogen) atoms. The quantitative estimate of drug-likeness (QED) is 0.878. The van der Waals surface area contributed by atoms with Gasteiger partial charge in [0.25, 0.3) is 5.91 Å². The first-order valence-corrected chi connectivity index (χ1v) is 7.94. The van der Waals surface area contributed by atoms with Crippen LogP contribution in [0.4, 0.5) is 0 Å². The Balaban J connectivity index is 2.06. The summed E-state index contributed by atoms with van der Waals surface area (Å²) in [6.07, 6.45) is 4.89. The average Bonchev–Trinajstić information content (AvgIpc) is 2.81. The first kappa shape index (κ1) is 15.0. The van der Waals surface area contributed by atoms with Crippen molar-refractivity contribution in [3.63, 3.8) is 0 Å². The second kappa shape index (κ2) is 6.39. The molecule has 1 aromatic heterocycles. The lowest BCUT2D eigenvalue weighted by Gasteiger charge is -2.15. The summed E-state index contributed by atoms with van der Waals surface area (Å²) in [6, 6.07) is 1.13. The van der Waals surface area contributed by atoms with Crippen molar-refractivity contribution >= 4 is 23.2 Å². The largest absolute Gasteiger partial charge is 0.480 e. The molecule has 1 aliphatic carbocycles. The van der Waals surface area contributed by atoms with Gasteiger partial charge in [-0.3, -0.25) is 4.79 Å². The Bertz CT molecular complexity index is 484. The molecule has 5 heteroatoms. The van der Waals surface area contributed by atoms with Gasteiger partial charge in [-0.05, 0) is 49.7 Å². The van der Waals surface area contributed by atoms with E-state index in [2.05, 4.69) is 5.32 Å². The third-order valence-corrected chi connectivity index (χ3v) is 4.77. The second-order valence-electron chi connectivity index (χ2n) is 5.76. The molecule has 0 saturated heterocycles. The Kier molecular flexibility index (Phi) is 4.81. The minimum Gasteiger partial charge on any atom is -0.480 e. The summed E-state index contributed by atoms with van der Waals surface area (Å²) in [5, 5.41) is 11.8. The van der Waals surface area contributed by atoms with Crippen LogP contribution in [0, 0.1) is 5.92 Å². The maximum absolute atomic E-state index is 12.2. The third kappa shape index (κ3) is 3.60. The Labute approximate surface area is 123 Å². The van der Waals surface area contributed by atoms with Crippen molar-refractivity contribution in [1.82, 2.24) is 5.32 Å². The SMILES string of the molecule is CC(C)C[C@H](NC(=O)c1cc2c(s1)CCCC2)C(=O)O. The van der Waals surface area contributed by atoms with Crippen LogP contribution in [-0.2, 0) is 17.6 Å². The molecular weight excluding hydrogens is 274 g/mol. The van der Waals surface area contributed by atoms with Crippen molar-refractivity contribution in [2.45, 2.75) is 52.0 Å². The summed E-state index contributed by atoms with van der Waals surface area (Å²) in [7, 11) is 0. The normalized spacial score (nSPS) is 15.8. The lowest BCUT2D eigenvalue weighted by Crippen LogP contribution is -2.41. The molecule has 0 saturated carbocycles. The molecule has 0 aromatic carbocycles. The summed E-state index contributed by atoms with van der Waals surface area (Å²) in [5.41, 5.74) is 1.27. The number of aliphatic carboxylic acids is 1. The van der Waals surface area contributed by atoms with E-state index in [-0.39, 0.29) is 11.8 Å². The van der Waals surface area contributed by atoms with Gasteiger partial charge in [0.15, 0.2) is 0 Å². The van der Waals surface area contributed by atoms with Gasteiger partial charge >= 0.3 is 5.97 Å². The number of carbonyl (C=O) groups excluding carboxylic acids is 1. The lowest BCUT2D eigenvalue weighted by atomic mass is 9.99. The number of aryl methyl sites for hydroxylation is 2. The number of carbonyl (C=O) groups is 2. The maximum atomic E-state index is 12.2. The van der Waals surface area contributed by atoms with Crippen LogP contribution in [-0.4, -0.2) is 23.0 Å². The molecule has 0 fully saturated rings. The van der Waals surface area contributed by atoms with E-state index in [1.54, 1.807) is 0 Å². The molecule has 0 unspecified atom stereocenters. The number of fused-ring (bicyclic) bond motifs is 1. The number of thiophene rings is 1. The van der Waals surface area contributed by atoms with E-state index in [4.69, 9.17) is 5.11 Å². The molecule has 1 amide bonds. The Morgan fingerprint density at radius 1 is 1.35 bits per heavy atom. The van der Waals surface area contributed by atoms with Crippen molar-refractivity contribution in [2.75, 3.05) is 0 Å². The van der Waals surface area contributed by atoms with Gasteiger partial charge in [-0.1, -0.05) is 13.8 Å². The smallest absolute Gasteiger partial charge is 0.326 e. The molecule has 1 heterocycles. The fourth-order valence-electron chi connectivity index (χ4n) is 2.52. The number of amides is 1. The molecule has 1 aromatic rings. The fourth-order valence-corrected chi connectivity index (χ4v) is 3.68. The Morgan fingerprint density at radius 2 is 2.05 bits per heavy atom. The van der Waals surface area contributed by atoms with E-state index in [0.29, 0.717) is 11.3 Å². The summed E-state index contributed by atoms with van der Waals surface area (Å²) in [5.74, 6) is -0.987. The van der Waals surface area contributed by atoms with E-state index in [0.717, 1.165) is 12.8 Å². The molecule has 0 aliphatic heterocycles. The van der Waals surface area contributed by atoms with E-state index < -0.39 is 12.0 Å². The predicted molar refractivity (Wildman–Crippen MR) is 79.3 cm³/mol. The first-order chi connectivity index (χ1) is 9.47. The van der Waals surface area contributed by atoms with E-state index in [1.165, 1.54) is 34.6 Å². The molecule has 0 bridgehead atoms. The molecule has 2 rings (SSSR count). The number of hydrogen-bond acceptors (Lipinski definition) is 3. The van der Waals surface area contributed by atoms with Crippen LogP contribution in [0.15, 0.2) is 6.07 Å². The monoisotopic (exact) mass is 295 g/mol. The van der Waals surface area contributed by atoms with Crippen molar-refractivity contribution in [3.8, 4) is 0 Å². The van der Waals surface area contributed by atoms with Crippen LogP contribution in [0.5, 0.6) is 0 Å². The number of nitrogens with one attached hydrogen (secondary N) is 1. The van der Waals surface area contributed by atoms with Crippen LogP contribution < -0.4 is 5.32 Å². The van der Waals surface area contributed by atoms with Crippen LogP contribution in [0.25, 0.3) is 0 Å². The highest BCUT2D eigenvalue weighted by molar-refractivity contribution is 7.14. The summed E-state index contributed by atoms with van der Waals surface area (Å²) in [4.78, 5) is 25.3. The summed E-state index contributed by atoms with van der Waals surface area (Å²) in [6.45, 7) is 3.90. The predicted octanol–water partition coefficient (Wildman–Crippen LogP) is 2.86. The van der Waals surface area contributed by atoms with Crippen LogP contribution in [0.1, 0.15) is 53.2 Å². The highest BCUT2D eigenvalue weighted by Gasteiger charge is 2.24. The number of hydrogen-bond donors (Lipinski definition) is 2. The highest BCUT2D eigenvalue weighted by atomic mass is 32.1. The molecule has 4 nitrogen and oxygen atoms in total. The average molecular weight is 295 g/mol. The standard InChI is InChI=1S/C15H21NO3S/c1-9(2)7-11(15(18)19)16-14(17)13-8-10-5-3-4-6-12(10)20-13/h8-9,11H,3-7H2,1-2H3,(H,16,17)(H,18,19)/t11-/m0/s1. The first-order valence-electron chi connectivity index (χ1n) is 7.12. The minimum absolute atomic E-state index is 0.230. The Morgan fingerprint density at radius 3 is 2.65 bits per heavy atom. The molecule has 0 spiro atoms. The lowest BCUT2D eigenvalue weighted by molar-refractivity contribution is -0.139. The number of rotatable bonds is 5. The number of carboxylic acid groups (broad SMARTS) is 1. The van der Waals surface area contributed by atoms with Crippen molar-refractivity contribution in [2.24, 2.45) is 5.92 Å². The van der Waals surface area contributed by atoms with Crippen LogP contribution in [0.3, 0.4) is 0 Å². The van der Waals surface area contributed by atoms with Crippen molar-refractivity contribution in [3.05, 3.63) is 21.4 Å². The van der Waals surface area contributed by atoms with Gasteiger partial charge in [0.1, 0.15) is 6.04 Å². The van der Waals surface area contributed by atoms with Gasteiger partial charge in [-0.15, -0.1) is 11.3 Å².